The minimum Gasteiger partial charge on any atom is -0.465 e. The van der Waals surface area contributed by atoms with Crippen LogP contribution in [0.5, 0.6) is 0 Å². The molecule has 2 fully saturated rings. The van der Waals surface area contributed by atoms with Gasteiger partial charge in [-0.1, -0.05) is 36.4 Å². The second kappa shape index (κ2) is 8.36. The van der Waals surface area contributed by atoms with Crippen molar-refractivity contribution in [3.63, 3.8) is 0 Å². The smallest absolute Gasteiger partial charge is 0.314 e. The first kappa shape index (κ1) is 19.6. The number of carbonyl (C=O) groups excluding carboxylic acids is 2. The van der Waals surface area contributed by atoms with Gasteiger partial charge < -0.3 is 9.64 Å². The summed E-state index contributed by atoms with van der Waals surface area (Å²) in [4.78, 5) is 32.6. The van der Waals surface area contributed by atoms with Crippen molar-refractivity contribution in [2.45, 2.75) is 57.5 Å². The van der Waals surface area contributed by atoms with Crippen molar-refractivity contribution >= 4 is 11.9 Å². The molecule has 1 aromatic carbocycles. The Morgan fingerprint density at radius 3 is 2.66 bits per heavy atom. The number of rotatable bonds is 7. The third-order valence-corrected chi connectivity index (χ3v) is 6.39. The number of benzene rings is 1. The molecule has 0 unspecified atom stereocenters. The third kappa shape index (κ3) is 3.78. The summed E-state index contributed by atoms with van der Waals surface area (Å²) in [6, 6.07) is 15.9. The molecule has 5 nitrogen and oxygen atoms in total. The van der Waals surface area contributed by atoms with Gasteiger partial charge in [0.25, 0.3) is 0 Å². The first-order valence-electron chi connectivity index (χ1n) is 10.6. The number of nitrogens with zero attached hydrogens (tertiary/aromatic N) is 2. The zero-order chi connectivity index (χ0) is 20.3. The summed E-state index contributed by atoms with van der Waals surface area (Å²) in [5, 5.41) is 0. The van der Waals surface area contributed by atoms with Gasteiger partial charge in [0.05, 0.1) is 12.0 Å². The molecule has 4 rings (SSSR count). The fraction of sp³-hybridized carbons (Fsp3) is 0.458. The van der Waals surface area contributed by atoms with E-state index in [-0.39, 0.29) is 24.0 Å². The SMILES string of the molecule is CCOC(=O)[C@@]1(Cc2ccccc2)C[C@H]2CC[C@@H]1N2C(=O)CCc1ccccn1. The number of aryl methyl sites for hydroxylation is 1. The quantitative estimate of drug-likeness (QED) is 0.676. The van der Waals surface area contributed by atoms with Gasteiger partial charge in [0, 0.05) is 30.4 Å². The van der Waals surface area contributed by atoms with Crippen LogP contribution in [0.3, 0.4) is 0 Å². The molecule has 1 aromatic heterocycles. The van der Waals surface area contributed by atoms with Gasteiger partial charge in [-0.3, -0.25) is 14.6 Å². The Kier molecular flexibility index (Phi) is 5.65. The zero-order valence-electron chi connectivity index (χ0n) is 16.9. The molecule has 0 saturated carbocycles. The van der Waals surface area contributed by atoms with Gasteiger partial charge in [-0.05, 0) is 56.7 Å². The van der Waals surface area contributed by atoms with E-state index in [0.29, 0.717) is 32.3 Å². The van der Waals surface area contributed by atoms with Crippen molar-refractivity contribution in [3.8, 4) is 0 Å². The van der Waals surface area contributed by atoms with E-state index in [0.717, 1.165) is 24.1 Å². The lowest BCUT2D eigenvalue weighted by Gasteiger charge is -2.35. The Morgan fingerprint density at radius 1 is 1.14 bits per heavy atom. The standard InChI is InChI=1S/C24H28N2O3/c1-2-29-23(28)24(16-18-8-4-3-5-9-18)17-20-12-13-21(24)26(20)22(27)14-11-19-10-6-7-15-25-19/h3-10,15,20-21H,2,11-14,16-17H2,1H3/t20-,21+,24+/m1/s1. The molecule has 2 bridgehead atoms. The Labute approximate surface area is 172 Å². The highest BCUT2D eigenvalue weighted by atomic mass is 16.5. The lowest BCUT2D eigenvalue weighted by Crippen LogP contribution is -2.47. The summed E-state index contributed by atoms with van der Waals surface area (Å²) in [7, 11) is 0. The van der Waals surface area contributed by atoms with E-state index < -0.39 is 5.41 Å². The number of fused-ring (bicyclic) bond motifs is 2. The molecule has 3 atom stereocenters. The van der Waals surface area contributed by atoms with Crippen LogP contribution < -0.4 is 0 Å². The lowest BCUT2D eigenvalue weighted by atomic mass is 9.70. The molecular weight excluding hydrogens is 364 g/mol. The van der Waals surface area contributed by atoms with Gasteiger partial charge in [0.2, 0.25) is 5.91 Å². The Bertz CT molecular complexity index is 855. The van der Waals surface area contributed by atoms with Crippen LogP contribution in [0.25, 0.3) is 0 Å². The first-order valence-corrected chi connectivity index (χ1v) is 10.6. The van der Waals surface area contributed by atoms with Crippen LogP contribution in [0.15, 0.2) is 54.7 Å². The summed E-state index contributed by atoms with van der Waals surface area (Å²) in [6.07, 6.45) is 5.96. The number of hydrogen-bond acceptors (Lipinski definition) is 4. The van der Waals surface area contributed by atoms with Gasteiger partial charge in [-0.2, -0.15) is 0 Å². The molecule has 2 aromatic rings. The Balaban J connectivity index is 1.55. The van der Waals surface area contributed by atoms with Crippen LogP contribution in [-0.4, -0.2) is 40.5 Å². The largest absolute Gasteiger partial charge is 0.465 e. The van der Waals surface area contributed by atoms with Crippen LogP contribution in [0.2, 0.25) is 0 Å². The van der Waals surface area contributed by atoms with Crippen molar-refractivity contribution in [1.82, 2.24) is 9.88 Å². The van der Waals surface area contributed by atoms with Crippen LogP contribution in [-0.2, 0) is 27.2 Å². The van der Waals surface area contributed by atoms with E-state index in [1.807, 2.05) is 48.2 Å². The maximum absolute atomic E-state index is 13.1. The molecule has 3 heterocycles. The number of amides is 1. The molecule has 2 saturated heterocycles. The van der Waals surface area contributed by atoms with E-state index in [9.17, 15) is 9.59 Å². The highest BCUT2D eigenvalue weighted by molar-refractivity contribution is 5.84. The summed E-state index contributed by atoms with van der Waals surface area (Å²) in [6.45, 7) is 2.21. The van der Waals surface area contributed by atoms with Crippen molar-refractivity contribution in [1.29, 1.82) is 0 Å². The zero-order valence-corrected chi connectivity index (χ0v) is 16.9. The van der Waals surface area contributed by atoms with E-state index in [2.05, 4.69) is 17.1 Å². The fourth-order valence-corrected chi connectivity index (χ4v) is 5.19. The van der Waals surface area contributed by atoms with E-state index in [1.54, 1.807) is 6.20 Å². The van der Waals surface area contributed by atoms with Crippen LogP contribution in [0.1, 0.15) is 43.9 Å². The van der Waals surface area contributed by atoms with Crippen molar-refractivity contribution < 1.29 is 14.3 Å². The van der Waals surface area contributed by atoms with Crippen molar-refractivity contribution in [3.05, 3.63) is 66.0 Å². The fourth-order valence-electron chi connectivity index (χ4n) is 5.19. The number of aromatic nitrogens is 1. The number of pyridine rings is 1. The second-order valence-electron chi connectivity index (χ2n) is 8.11. The van der Waals surface area contributed by atoms with Gasteiger partial charge >= 0.3 is 5.97 Å². The molecule has 0 N–H and O–H groups in total. The number of esters is 1. The Hall–Kier alpha value is -2.69. The molecule has 0 aliphatic carbocycles. The summed E-state index contributed by atoms with van der Waals surface area (Å²) < 4.78 is 5.52. The van der Waals surface area contributed by atoms with E-state index in [4.69, 9.17) is 4.74 Å². The Morgan fingerprint density at radius 2 is 1.93 bits per heavy atom. The number of hydrogen-bond donors (Lipinski definition) is 0. The minimum absolute atomic E-state index is 0.0806. The minimum atomic E-state index is -0.638. The van der Waals surface area contributed by atoms with E-state index in [1.165, 1.54) is 0 Å². The lowest BCUT2D eigenvalue weighted by molar-refractivity contribution is -0.158. The predicted octanol–water partition coefficient (Wildman–Crippen LogP) is 3.57. The summed E-state index contributed by atoms with van der Waals surface area (Å²) >= 11 is 0. The normalized spacial score (nSPS) is 25.2. The van der Waals surface area contributed by atoms with Gasteiger partial charge in [-0.15, -0.1) is 0 Å². The molecule has 5 heteroatoms. The highest BCUT2D eigenvalue weighted by Gasteiger charge is 2.61. The van der Waals surface area contributed by atoms with Crippen LogP contribution in [0, 0.1) is 5.41 Å². The summed E-state index contributed by atoms with van der Waals surface area (Å²) in [5.41, 5.74) is 1.41. The van der Waals surface area contributed by atoms with Crippen LogP contribution >= 0.6 is 0 Å². The molecule has 1 amide bonds. The number of carbonyl (C=O) groups is 2. The highest BCUT2D eigenvalue weighted by Crippen LogP contribution is 2.52. The average molecular weight is 392 g/mol. The molecular formula is C24H28N2O3. The molecule has 2 aliphatic rings. The average Bonchev–Trinajstić information content (AvgIpc) is 3.30. The molecule has 152 valence electrons. The maximum atomic E-state index is 13.1. The third-order valence-electron chi connectivity index (χ3n) is 6.39. The second-order valence-corrected chi connectivity index (χ2v) is 8.11. The van der Waals surface area contributed by atoms with Gasteiger partial charge in [0.15, 0.2) is 0 Å². The predicted molar refractivity (Wildman–Crippen MR) is 110 cm³/mol. The van der Waals surface area contributed by atoms with E-state index >= 15 is 0 Å². The van der Waals surface area contributed by atoms with Crippen molar-refractivity contribution in [2.75, 3.05) is 6.61 Å². The van der Waals surface area contributed by atoms with Gasteiger partial charge in [0.1, 0.15) is 0 Å². The molecule has 29 heavy (non-hydrogen) atoms. The molecule has 2 aliphatic heterocycles. The monoisotopic (exact) mass is 392 g/mol. The van der Waals surface area contributed by atoms with Crippen molar-refractivity contribution in [2.24, 2.45) is 5.41 Å². The van der Waals surface area contributed by atoms with Gasteiger partial charge in [-0.25, -0.2) is 0 Å². The summed E-state index contributed by atoms with van der Waals surface area (Å²) in [5.74, 6) is -0.0269. The number of ether oxygens (including phenoxy) is 1. The maximum Gasteiger partial charge on any atom is 0.314 e. The first-order chi connectivity index (χ1) is 14.1. The molecule has 0 radical (unpaired) electrons. The molecule has 0 spiro atoms. The topological polar surface area (TPSA) is 59.5 Å². The van der Waals surface area contributed by atoms with Crippen LogP contribution in [0.4, 0.5) is 0 Å².